The number of aromatic hydroxyl groups is 1. The topological polar surface area (TPSA) is 207 Å². The number of phenolic OH excluding ortho intramolecular Hbond substituents is 1. The average molecular weight is 572 g/mol. The van der Waals surface area contributed by atoms with Crippen molar-refractivity contribution in [3.8, 4) is 5.75 Å². The number of rotatable bonds is 13. The molecule has 3 rings (SSSR count). The molecule has 3 aromatic rings. The van der Waals surface area contributed by atoms with E-state index in [9.17, 15) is 34.5 Å². The number of H-pyrrole nitrogens is 1. The number of aromatic amines is 1. The van der Waals surface area contributed by atoms with E-state index in [1.165, 1.54) is 19.1 Å². The molecule has 40 heavy (non-hydrogen) atoms. The Morgan fingerprint density at radius 1 is 0.900 bits per heavy atom. The van der Waals surface area contributed by atoms with Crippen LogP contribution in [0, 0.1) is 0 Å². The minimum absolute atomic E-state index is 0.00750. The highest BCUT2D eigenvalue weighted by atomic mass is 32.1. The maximum atomic E-state index is 13.4. The Morgan fingerprint density at radius 3 is 2.12 bits per heavy atom. The summed E-state index contributed by atoms with van der Waals surface area (Å²) in [5.41, 5.74) is 7.73. The lowest BCUT2D eigenvalue weighted by Crippen LogP contribution is -2.59. The molecule has 12 nitrogen and oxygen atoms in total. The molecule has 0 fully saturated rings. The molecule has 5 atom stereocenters. The number of aliphatic hydroxyl groups excluding tert-OH is 1. The van der Waals surface area contributed by atoms with Gasteiger partial charge in [-0.2, -0.15) is 12.6 Å². The zero-order valence-electron chi connectivity index (χ0n) is 21.7. The van der Waals surface area contributed by atoms with E-state index in [4.69, 9.17) is 5.73 Å². The van der Waals surface area contributed by atoms with Crippen molar-refractivity contribution < 1.29 is 34.5 Å². The number of carboxylic acid groups (broad SMARTS) is 1. The number of phenols is 1. The van der Waals surface area contributed by atoms with Crippen LogP contribution in [0.25, 0.3) is 10.9 Å². The van der Waals surface area contributed by atoms with Gasteiger partial charge < -0.3 is 42.0 Å². The van der Waals surface area contributed by atoms with E-state index < -0.39 is 54.0 Å². The third kappa shape index (κ3) is 7.97. The summed E-state index contributed by atoms with van der Waals surface area (Å²) >= 11 is 4.13. The van der Waals surface area contributed by atoms with Crippen LogP contribution in [-0.4, -0.2) is 80.0 Å². The number of thiol groups is 1. The first-order valence-corrected chi connectivity index (χ1v) is 13.1. The van der Waals surface area contributed by atoms with Crippen molar-refractivity contribution in [2.24, 2.45) is 5.73 Å². The Labute approximate surface area is 235 Å². The molecule has 0 aliphatic carbocycles. The maximum Gasteiger partial charge on any atom is 0.326 e. The third-order valence-corrected chi connectivity index (χ3v) is 6.73. The van der Waals surface area contributed by atoms with Gasteiger partial charge in [0.05, 0.1) is 6.10 Å². The number of para-hydroxylation sites is 1. The largest absolute Gasteiger partial charge is 0.508 e. The van der Waals surface area contributed by atoms with Gasteiger partial charge in [0.25, 0.3) is 0 Å². The smallest absolute Gasteiger partial charge is 0.326 e. The molecule has 0 aliphatic heterocycles. The van der Waals surface area contributed by atoms with E-state index in [0.29, 0.717) is 11.1 Å². The Bertz CT molecular complexity index is 1340. The number of amides is 3. The van der Waals surface area contributed by atoms with Crippen molar-refractivity contribution in [1.82, 2.24) is 20.9 Å². The molecule has 3 amide bonds. The number of carboxylic acids is 1. The SMILES string of the molecule is CC(O)C(N)C(=O)NC(CS)C(=O)NC(Cc1c[nH]c2ccccc12)C(=O)NC(Cc1ccc(O)cc1)C(=O)O. The fourth-order valence-corrected chi connectivity index (χ4v) is 4.28. The van der Waals surface area contributed by atoms with Gasteiger partial charge in [0.2, 0.25) is 17.7 Å². The van der Waals surface area contributed by atoms with Gasteiger partial charge in [0.1, 0.15) is 29.9 Å². The van der Waals surface area contributed by atoms with E-state index in [-0.39, 0.29) is 24.3 Å². The number of aliphatic carboxylic acids is 1. The Morgan fingerprint density at radius 2 is 1.50 bits per heavy atom. The first kappa shape index (κ1) is 30.5. The van der Waals surface area contributed by atoms with Gasteiger partial charge in [-0.05, 0) is 36.2 Å². The lowest BCUT2D eigenvalue weighted by molar-refractivity contribution is -0.142. The van der Waals surface area contributed by atoms with Crippen LogP contribution in [0.5, 0.6) is 5.75 Å². The van der Waals surface area contributed by atoms with Crippen LogP contribution in [0.15, 0.2) is 54.7 Å². The fourth-order valence-electron chi connectivity index (χ4n) is 4.02. The maximum absolute atomic E-state index is 13.4. The van der Waals surface area contributed by atoms with Crippen molar-refractivity contribution in [3.05, 3.63) is 65.9 Å². The highest BCUT2D eigenvalue weighted by molar-refractivity contribution is 7.80. The highest BCUT2D eigenvalue weighted by Gasteiger charge is 2.31. The highest BCUT2D eigenvalue weighted by Crippen LogP contribution is 2.19. The van der Waals surface area contributed by atoms with Crippen molar-refractivity contribution in [2.45, 2.75) is 50.0 Å². The first-order valence-electron chi connectivity index (χ1n) is 12.5. The van der Waals surface area contributed by atoms with Crippen LogP contribution in [0.3, 0.4) is 0 Å². The number of benzene rings is 2. The summed E-state index contributed by atoms with van der Waals surface area (Å²) in [6, 6.07) is 8.23. The fraction of sp³-hybridized carbons (Fsp3) is 0.333. The normalized spacial score (nSPS) is 14.9. The van der Waals surface area contributed by atoms with Gasteiger partial charge >= 0.3 is 5.97 Å². The van der Waals surface area contributed by atoms with Gasteiger partial charge in [0, 0.05) is 35.7 Å². The number of aliphatic hydroxyl groups is 1. The first-order chi connectivity index (χ1) is 19.0. The van der Waals surface area contributed by atoms with Gasteiger partial charge in [0.15, 0.2) is 0 Å². The molecule has 0 radical (unpaired) electrons. The number of fused-ring (bicyclic) bond motifs is 1. The van der Waals surface area contributed by atoms with Crippen LogP contribution in [0.2, 0.25) is 0 Å². The molecule has 9 N–H and O–H groups in total. The Hall–Kier alpha value is -4.07. The Kier molecular flexibility index (Phi) is 10.5. The summed E-state index contributed by atoms with van der Waals surface area (Å²) in [6.07, 6.45) is 0.474. The van der Waals surface area contributed by atoms with Gasteiger partial charge in [-0.15, -0.1) is 0 Å². The van der Waals surface area contributed by atoms with Gasteiger partial charge in [-0.25, -0.2) is 4.79 Å². The van der Waals surface area contributed by atoms with Crippen molar-refractivity contribution >= 4 is 47.2 Å². The molecule has 0 bridgehead atoms. The molecule has 0 aliphatic rings. The molecule has 0 saturated carbocycles. The van der Waals surface area contributed by atoms with E-state index >= 15 is 0 Å². The van der Waals surface area contributed by atoms with Gasteiger partial charge in [-0.1, -0.05) is 30.3 Å². The summed E-state index contributed by atoms with van der Waals surface area (Å²) in [4.78, 5) is 54.0. The predicted molar refractivity (Wildman–Crippen MR) is 151 cm³/mol. The summed E-state index contributed by atoms with van der Waals surface area (Å²) in [5.74, 6) is -3.68. The molecule has 0 saturated heterocycles. The zero-order valence-corrected chi connectivity index (χ0v) is 22.6. The monoisotopic (exact) mass is 571 g/mol. The van der Waals surface area contributed by atoms with Crippen LogP contribution in [0.1, 0.15) is 18.1 Å². The molecule has 214 valence electrons. The van der Waals surface area contributed by atoms with Crippen molar-refractivity contribution in [2.75, 3.05) is 5.75 Å². The molecule has 2 aromatic carbocycles. The lowest BCUT2D eigenvalue weighted by Gasteiger charge is -2.25. The third-order valence-electron chi connectivity index (χ3n) is 6.36. The van der Waals surface area contributed by atoms with E-state index in [0.717, 1.165) is 10.9 Å². The summed E-state index contributed by atoms with van der Waals surface area (Å²) in [6.45, 7) is 1.33. The molecule has 0 spiro atoms. The second-order valence-electron chi connectivity index (χ2n) is 9.40. The molecular weight excluding hydrogens is 538 g/mol. The number of hydrogen-bond donors (Lipinski definition) is 9. The van der Waals surface area contributed by atoms with Crippen LogP contribution in [0.4, 0.5) is 0 Å². The number of carbonyl (C=O) groups excluding carboxylic acids is 3. The number of nitrogens with one attached hydrogen (secondary N) is 4. The number of aromatic nitrogens is 1. The quantitative estimate of drug-likeness (QED) is 0.126. The number of hydrogen-bond acceptors (Lipinski definition) is 8. The van der Waals surface area contributed by atoms with Crippen LogP contribution in [-0.2, 0) is 32.0 Å². The van der Waals surface area contributed by atoms with E-state index in [2.05, 4.69) is 33.6 Å². The molecule has 5 unspecified atom stereocenters. The Balaban J connectivity index is 1.83. The summed E-state index contributed by atoms with van der Waals surface area (Å²) in [7, 11) is 0. The van der Waals surface area contributed by atoms with E-state index in [1.54, 1.807) is 18.3 Å². The predicted octanol–water partition coefficient (Wildman–Crippen LogP) is -0.164. The molecule has 1 aromatic heterocycles. The number of carbonyl (C=O) groups is 4. The van der Waals surface area contributed by atoms with Crippen molar-refractivity contribution in [3.63, 3.8) is 0 Å². The minimum Gasteiger partial charge on any atom is -0.508 e. The van der Waals surface area contributed by atoms with Crippen LogP contribution < -0.4 is 21.7 Å². The molecule has 1 heterocycles. The summed E-state index contributed by atoms with van der Waals surface area (Å²) in [5, 5.41) is 37.2. The minimum atomic E-state index is -1.33. The van der Waals surface area contributed by atoms with Crippen molar-refractivity contribution in [1.29, 1.82) is 0 Å². The van der Waals surface area contributed by atoms with Gasteiger partial charge in [-0.3, -0.25) is 14.4 Å². The molecular formula is C27H33N5O7S. The number of nitrogens with two attached hydrogens (primary N) is 1. The van der Waals surface area contributed by atoms with Crippen LogP contribution >= 0.6 is 12.6 Å². The second kappa shape index (κ2) is 13.8. The average Bonchev–Trinajstić information content (AvgIpc) is 3.33. The zero-order chi connectivity index (χ0) is 29.4. The molecule has 13 heteroatoms. The summed E-state index contributed by atoms with van der Waals surface area (Å²) < 4.78 is 0. The lowest BCUT2D eigenvalue weighted by atomic mass is 10.0. The van der Waals surface area contributed by atoms with E-state index in [1.807, 2.05) is 24.3 Å². The standard InChI is InChI=1S/C27H33N5O7S/c1-14(33)23(28)26(37)32-22(13-40)25(36)30-20(11-16-12-29-19-5-3-2-4-18(16)19)24(35)31-21(27(38)39)10-15-6-8-17(34)9-7-15/h2-9,12,14,20-23,29,33-34,40H,10-11,13,28H2,1H3,(H,30,36)(H,31,35)(H,32,37)(H,38,39). The second-order valence-corrected chi connectivity index (χ2v) is 9.77.